The smallest absolute Gasteiger partial charge is 0.00747 e. The van der Waals surface area contributed by atoms with Crippen molar-refractivity contribution in [3.63, 3.8) is 0 Å². The zero-order valence-electron chi connectivity index (χ0n) is 11.8. The first-order chi connectivity index (χ1) is 7.47. The predicted octanol–water partition coefficient (Wildman–Crippen LogP) is 4.36. The SMILES string of the molecule is CCCC(C)CC(N)C1CCCCC1(C)C. The van der Waals surface area contributed by atoms with Crippen molar-refractivity contribution in [3.05, 3.63) is 0 Å². The van der Waals surface area contributed by atoms with Gasteiger partial charge in [-0.2, -0.15) is 0 Å². The van der Waals surface area contributed by atoms with Crippen molar-refractivity contribution in [3.8, 4) is 0 Å². The molecule has 0 bridgehead atoms. The van der Waals surface area contributed by atoms with E-state index in [9.17, 15) is 0 Å². The van der Waals surface area contributed by atoms with E-state index >= 15 is 0 Å². The highest BCUT2D eigenvalue weighted by Crippen LogP contribution is 2.43. The predicted molar refractivity (Wildman–Crippen MR) is 72.4 cm³/mol. The molecular formula is C15H31N. The number of hydrogen-bond acceptors (Lipinski definition) is 1. The molecule has 3 unspecified atom stereocenters. The Bertz CT molecular complexity index is 198. The molecule has 0 saturated heterocycles. The third kappa shape index (κ3) is 3.76. The molecule has 0 spiro atoms. The Morgan fingerprint density at radius 3 is 2.56 bits per heavy atom. The molecule has 1 nitrogen and oxygen atoms in total. The molecule has 0 aromatic heterocycles. The fraction of sp³-hybridized carbons (Fsp3) is 1.00. The lowest BCUT2D eigenvalue weighted by Gasteiger charge is -2.42. The molecule has 3 atom stereocenters. The van der Waals surface area contributed by atoms with Gasteiger partial charge in [0.1, 0.15) is 0 Å². The highest BCUT2D eigenvalue weighted by atomic mass is 14.7. The first kappa shape index (κ1) is 14.0. The van der Waals surface area contributed by atoms with E-state index in [0.29, 0.717) is 11.5 Å². The van der Waals surface area contributed by atoms with E-state index in [-0.39, 0.29) is 0 Å². The zero-order valence-corrected chi connectivity index (χ0v) is 11.8. The Morgan fingerprint density at radius 2 is 2.00 bits per heavy atom. The summed E-state index contributed by atoms with van der Waals surface area (Å²) in [4.78, 5) is 0. The zero-order chi connectivity index (χ0) is 12.2. The van der Waals surface area contributed by atoms with Crippen LogP contribution in [-0.4, -0.2) is 6.04 Å². The summed E-state index contributed by atoms with van der Waals surface area (Å²) in [7, 11) is 0. The van der Waals surface area contributed by atoms with Crippen LogP contribution >= 0.6 is 0 Å². The molecule has 0 heterocycles. The minimum Gasteiger partial charge on any atom is -0.327 e. The first-order valence-electron chi connectivity index (χ1n) is 7.23. The molecule has 1 saturated carbocycles. The second-order valence-corrected chi connectivity index (χ2v) is 6.63. The fourth-order valence-electron chi connectivity index (χ4n) is 3.55. The van der Waals surface area contributed by atoms with Gasteiger partial charge >= 0.3 is 0 Å². The third-order valence-electron chi connectivity index (χ3n) is 4.56. The summed E-state index contributed by atoms with van der Waals surface area (Å²) in [6.45, 7) is 9.47. The molecule has 16 heavy (non-hydrogen) atoms. The van der Waals surface area contributed by atoms with Gasteiger partial charge < -0.3 is 5.73 Å². The van der Waals surface area contributed by atoms with Crippen molar-refractivity contribution in [2.45, 2.75) is 78.7 Å². The van der Waals surface area contributed by atoms with Crippen LogP contribution in [0.25, 0.3) is 0 Å². The van der Waals surface area contributed by atoms with Gasteiger partial charge in [0, 0.05) is 6.04 Å². The van der Waals surface area contributed by atoms with E-state index in [1.54, 1.807) is 0 Å². The summed E-state index contributed by atoms with van der Waals surface area (Å²) >= 11 is 0. The van der Waals surface area contributed by atoms with Crippen LogP contribution in [0, 0.1) is 17.3 Å². The largest absolute Gasteiger partial charge is 0.327 e. The number of rotatable bonds is 5. The molecule has 1 aliphatic carbocycles. The van der Waals surface area contributed by atoms with Gasteiger partial charge in [-0.3, -0.25) is 0 Å². The van der Waals surface area contributed by atoms with E-state index in [4.69, 9.17) is 5.73 Å². The molecule has 1 aliphatic rings. The molecular weight excluding hydrogens is 194 g/mol. The minimum absolute atomic E-state index is 0.428. The van der Waals surface area contributed by atoms with Gasteiger partial charge in [0.15, 0.2) is 0 Å². The van der Waals surface area contributed by atoms with Gasteiger partial charge in [-0.15, -0.1) is 0 Å². The van der Waals surface area contributed by atoms with Crippen LogP contribution < -0.4 is 5.73 Å². The summed E-state index contributed by atoms with van der Waals surface area (Å²) in [5.74, 6) is 1.55. The highest BCUT2D eigenvalue weighted by Gasteiger charge is 2.36. The van der Waals surface area contributed by atoms with Gasteiger partial charge in [0.25, 0.3) is 0 Å². The van der Waals surface area contributed by atoms with Crippen molar-refractivity contribution in [1.29, 1.82) is 0 Å². The second kappa shape index (κ2) is 6.05. The van der Waals surface area contributed by atoms with E-state index in [0.717, 1.165) is 11.8 Å². The molecule has 96 valence electrons. The van der Waals surface area contributed by atoms with Crippen molar-refractivity contribution in [2.75, 3.05) is 0 Å². The molecule has 0 aromatic carbocycles. The molecule has 1 heteroatoms. The van der Waals surface area contributed by atoms with Crippen LogP contribution in [-0.2, 0) is 0 Å². The van der Waals surface area contributed by atoms with Crippen molar-refractivity contribution >= 4 is 0 Å². The van der Waals surface area contributed by atoms with Crippen LogP contribution in [0.15, 0.2) is 0 Å². The molecule has 0 aliphatic heterocycles. The second-order valence-electron chi connectivity index (χ2n) is 6.63. The third-order valence-corrected chi connectivity index (χ3v) is 4.56. The standard InChI is InChI=1S/C15H31N/c1-5-8-12(2)11-14(16)13-9-6-7-10-15(13,3)4/h12-14H,5-11,16H2,1-4H3. The Morgan fingerprint density at radius 1 is 1.31 bits per heavy atom. The Balaban J connectivity index is 2.48. The van der Waals surface area contributed by atoms with Crippen LogP contribution in [0.2, 0.25) is 0 Å². The minimum atomic E-state index is 0.428. The Kier molecular flexibility index (Phi) is 5.30. The maximum absolute atomic E-state index is 6.46. The lowest BCUT2D eigenvalue weighted by atomic mass is 9.65. The normalized spacial score (nSPS) is 28.7. The van der Waals surface area contributed by atoms with E-state index in [1.165, 1.54) is 44.9 Å². The summed E-state index contributed by atoms with van der Waals surface area (Å²) in [6.07, 6.45) is 9.37. The van der Waals surface area contributed by atoms with E-state index < -0.39 is 0 Å². The molecule has 1 fully saturated rings. The average Bonchev–Trinajstić information content (AvgIpc) is 2.16. The summed E-state index contributed by atoms with van der Waals surface area (Å²) in [5, 5.41) is 0. The quantitative estimate of drug-likeness (QED) is 0.739. The fourth-order valence-corrected chi connectivity index (χ4v) is 3.55. The average molecular weight is 225 g/mol. The van der Waals surface area contributed by atoms with Crippen LogP contribution in [0.3, 0.4) is 0 Å². The van der Waals surface area contributed by atoms with Gasteiger partial charge in [0.2, 0.25) is 0 Å². The maximum Gasteiger partial charge on any atom is 0.00747 e. The molecule has 1 rings (SSSR count). The molecule has 2 N–H and O–H groups in total. The Labute approximate surface area is 102 Å². The summed E-state index contributed by atoms with van der Waals surface area (Å²) in [6, 6.07) is 0.428. The summed E-state index contributed by atoms with van der Waals surface area (Å²) in [5.41, 5.74) is 6.93. The van der Waals surface area contributed by atoms with E-state index in [2.05, 4.69) is 27.7 Å². The van der Waals surface area contributed by atoms with Gasteiger partial charge in [-0.05, 0) is 36.5 Å². The molecule has 0 amide bonds. The van der Waals surface area contributed by atoms with Crippen molar-refractivity contribution in [1.82, 2.24) is 0 Å². The maximum atomic E-state index is 6.46. The van der Waals surface area contributed by atoms with Gasteiger partial charge in [-0.25, -0.2) is 0 Å². The molecule has 0 radical (unpaired) electrons. The number of nitrogens with two attached hydrogens (primary N) is 1. The highest BCUT2D eigenvalue weighted by molar-refractivity contribution is 4.89. The van der Waals surface area contributed by atoms with Crippen molar-refractivity contribution < 1.29 is 0 Å². The Hall–Kier alpha value is -0.0400. The summed E-state index contributed by atoms with van der Waals surface area (Å²) < 4.78 is 0. The van der Waals surface area contributed by atoms with Crippen LogP contribution in [0.4, 0.5) is 0 Å². The lowest BCUT2D eigenvalue weighted by molar-refractivity contribution is 0.103. The van der Waals surface area contributed by atoms with E-state index in [1.807, 2.05) is 0 Å². The molecule has 0 aromatic rings. The topological polar surface area (TPSA) is 26.0 Å². The van der Waals surface area contributed by atoms with Crippen LogP contribution in [0.1, 0.15) is 72.6 Å². The van der Waals surface area contributed by atoms with Crippen molar-refractivity contribution in [2.24, 2.45) is 23.0 Å². The van der Waals surface area contributed by atoms with Gasteiger partial charge in [0.05, 0.1) is 0 Å². The number of hydrogen-bond donors (Lipinski definition) is 1. The lowest BCUT2D eigenvalue weighted by Crippen LogP contribution is -2.42. The van der Waals surface area contributed by atoms with Gasteiger partial charge in [-0.1, -0.05) is 53.4 Å². The monoisotopic (exact) mass is 225 g/mol. The van der Waals surface area contributed by atoms with Crippen LogP contribution in [0.5, 0.6) is 0 Å². The first-order valence-corrected chi connectivity index (χ1v) is 7.23.